The van der Waals surface area contributed by atoms with Crippen molar-refractivity contribution in [2.24, 2.45) is 10.6 Å². The van der Waals surface area contributed by atoms with Crippen LogP contribution < -0.4 is 0 Å². The van der Waals surface area contributed by atoms with Gasteiger partial charge in [0.1, 0.15) is 20.6 Å². The summed E-state index contributed by atoms with van der Waals surface area (Å²) in [6.45, 7) is 13.6. The van der Waals surface area contributed by atoms with Crippen molar-refractivity contribution in [2.75, 3.05) is 7.11 Å². The van der Waals surface area contributed by atoms with Gasteiger partial charge in [-0.3, -0.25) is 4.79 Å². The van der Waals surface area contributed by atoms with Crippen molar-refractivity contribution in [1.29, 1.82) is 0 Å². The molecule has 1 fully saturated rings. The van der Waals surface area contributed by atoms with E-state index in [0.717, 1.165) is 12.8 Å². The average molecular weight is 366 g/mol. The van der Waals surface area contributed by atoms with E-state index in [1.807, 2.05) is 0 Å². The topological polar surface area (TPSA) is 58.9 Å². The van der Waals surface area contributed by atoms with Crippen LogP contribution in [-0.4, -0.2) is 32.0 Å². The second-order valence-electron chi connectivity index (χ2n) is 8.19. The molecule has 0 radical (unpaired) electrons. The highest BCUT2D eigenvalue weighted by Crippen LogP contribution is 2.42. The van der Waals surface area contributed by atoms with Crippen molar-refractivity contribution in [2.45, 2.75) is 90.3 Å². The van der Waals surface area contributed by atoms with Crippen LogP contribution in [0.25, 0.3) is 0 Å². The summed E-state index contributed by atoms with van der Waals surface area (Å²) in [4.78, 5) is 17.1. The molecule has 0 aromatic carbocycles. The monoisotopic (exact) mass is 365 g/mol. The molecule has 0 heterocycles. The Morgan fingerprint density at radius 1 is 1.20 bits per heavy atom. The van der Waals surface area contributed by atoms with Crippen LogP contribution in [0.1, 0.15) is 73.6 Å². The zero-order chi connectivity index (χ0) is 19.3. The molecule has 4 nitrogen and oxygen atoms in total. The lowest BCUT2D eigenvalue weighted by molar-refractivity contribution is -0.145. The van der Waals surface area contributed by atoms with Crippen molar-refractivity contribution in [1.82, 2.24) is 0 Å². The van der Waals surface area contributed by atoms with Gasteiger partial charge in [-0.25, -0.2) is 0 Å². The SMILES string of the molecule is CO/N=C1\CCCCC1(CC#C[Si](C(C)C)(C(C)C)C(C)C)C(=O)O. The molecule has 0 aliphatic heterocycles. The number of aliphatic carboxylic acids is 1. The van der Waals surface area contributed by atoms with Crippen LogP contribution in [0, 0.1) is 16.9 Å². The highest BCUT2D eigenvalue weighted by Gasteiger charge is 2.46. The molecule has 0 saturated heterocycles. The van der Waals surface area contributed by atoms with Gasteiger partial charge >= 0.3 is 5.97 Å². The molecular weight excluding hydrogens is 330 g/mol. The Morgan fingerprint density at radius 2 is 1.76 bits per heavy atom. The Balaban J connectivity index is 3.27. The number of rotatable bonds is 6. The van der Waals surface area contributed by atoms with E-state index < -0.39 is 19.5 Å². The van der Waals surface area contributed by atoms with Gasteiger partial charge in [0.15, 0.2) is 0 Å². The third-order valence-electron chi connectivity index (χ3n) is 5.99. The Kier molecular flexibility index (Phi) is 7.74. The summed E-state index contributed by atoms with van der Waals surface area (Å²) < 4.78 is 0. The molecule has 0 bridgehead atoms. The fourth-order valence-electron chi connectivity index (χ4n) is 4.62. The van der Waals surface area contributed by atoms with Crippen LogP contribution >= 0.6 is 0 Å². The third-order valence-corrected chi connectivity index (χ3v) is 12.3. The summed E-state index contributed by atoms with van der Waals surface area (Å²) in [7, 11) is -0.365. The van der Waals surface area contributed by atoms with Crippen molar-refractivity contribution >= 4 is 19.8 Å². The zero-order valence-corrected chi connectivity index (χ0v) is 18.0. The van der Waals surface area contributed by atoms with E-state index in [1.54, 1.807) is 0 Å². The lowest BCUT2D eigenvalue weighted by atomic mass is 9.70. The number of oxime groups is 1. The van der Waals surface area contributed by atoms with E-state index in [9.17, 15) is 9.90 Å². The maximum Gasteiger partial charge on any atom is 0.316 e. The second kappa shape index (κ2) is 8.89. The van der Waals surface area contributed by atoms with E-state index >= 15 is 0 Å². The molecule has 0 aromatic heterocycles. The Labute approximate surface area is 154 Å². The number of carboxylic acid groups (broad SMARTS) is 1. The first kappa shape index (κ1) is 21.8. The molecule has 0 amide bonds. The van der Waals surface area contributed by atoms with E-state index in [-0.39, 0.29) is 0 Å². The van der Waals surface area contributed by atoms with Gasteiger partial charge in [-0.2, -0.15) is 0 Å². The molecule has 5 heteroatoms. The molecule has 25 heavy (non-hydrogen) atoms. The van der Waals surface area contributed by atoms with Crippen LogP contribution in [-0.2, 0) is 9.63 Å². The number of carbonyl (C=O) groups is 1. The fourth-order valence-corrected chi connectivity index (χ4v) is 9.88. The minimum Gasteiger partial charge on any atom is -0.481 e. The molecule has 1 aliphatic carbocycles. The number of hydrogen-bond donors (Lipinski definition) is 1. The van der Waals surface area contributed by atoms with Crippen LogP contribution in [0.3, 0.4) is 0 Å². The van der Waals surface area contributed by atoms with Gasteiger partial charge < -0.3 is 9.94 Å². The average Bonchev–Trinajstić information content (AvgIpc) is 2.52. The highest BCUT2D eigenvalue weighted by atomic mass is 28.3. The van der Waals surface area contributed by atoms with Gasteiger partial charge in [0.2, 0.25) is 0 Å². The zero-order valence-electron chi connectivity index (χ0n) is 17.0. The van der Waals surface area contributed by atoms with Gasteiger partial charge in [-0.05, 0) is 35.9 Å². The number of carboxylic acids is 1. The van der Waals surface area contributed by atoms with E-state index in [0.29, 0.717) is 41.6 Å². The molecule has 1 N–H and O–H groups in total. The largest absolute Gasteiger partial charge is 0.481 e. The first-order chi connectivity index (χ1) is 11.6. The first-order valence-electron chi connectivity index (χ1n) is 9.49. The molecule has 1 unspecified atom stereocenters. The summed E-state index contributed by atoms with van der Waals surface area (Å²) in [6.07, 6.45) is 3.48. The van der Waals surface area contributed by atoms with Crippen LogP contribution in [0.4, 0.5) is 0 Å². The maximum absolute atomic E-state index is 12.1. The molecular formula is C20H35NO3Si. The van der Waals surface area contributed by atoms with Gasteiger partial charge in [-0.1, -0.05) is 53.1 Å². The molecule has 0 spiro atoms. The first-order valence-corrected chi connectivity index (χ1v) is 11.7. The van der Waals surface area contributed by atoms with Crippen molar-refractivity contribution < 1.29 is 14.7 Å². The predicted octanol–water partition coefficient (Wildman–Crippen LogP) is 5.25. The number of nitrogens with zero attached hydrogens (tertiary/aromatic N) is 1. The maximum atomic E-state index is 12.1. The summed E-state index contributed by atoms with van der Waals surface area (Å²) in [5.41, 5.74) is 4.94. The van der Waals surface area contributed by atoms with Crippen LogP contribution in [0.2, 0.25) is 16.6 Å². The van der Waals surface area contributed by atoms with E-state index in [2.05, 4.69) is 58.2 Å². The molecule has 1 rings (SSSR count). The van der Waals surface area contributed by atoms with Crippen molar-refractivity contribution in [3.8, 4) is 11.5 Å². The standard InChI is InChI=1S/C20H35NO3Si/c1-15(2)25(16(3)4,17(5)6)14-10-13-20(19(22)23)12-9-8-11-18(20)21-24-7/h15-17H,8-9,11-13H2,1-7H3,(H,22,23)/b21-18+. The quantitative estimate of drug-likeness (QED) is 0.397. The molecule has 142 valence electrons. The molecule has 1 saturated carbocycles. The Bertz CT molecular complexity index is 535. The summed E-state index contributed by atoms with van der Waals surface area (Å²) in [5, 5.41) is 14.0. The normalized spacial score (nSPS) is 23.0. The predicted molar refractivity (Wildman–Crippen MR) is 106 cm³/mol. The number of hydrogen-bond acceptors (Lipinski definition) is 3. The lowest BCUT2D eigenvalue weighted by Gasteiger charge is -2.38. The van der Waals surface area contributed by atoms with Crippen LogP contribution in [0.5, 0.6) is 0 Å². The Morgan fingerprint density at radius 3 is 2.20 bits per heavy atom. The fraction of sp³-hybridized carbons (Fsp3) is 0.800. The van der Waals surface area contributed by atoms with Gasteiger partial charge in [0.25, 0.3) is 0 Å². The smallest absolute Gasteiger partial charge is 0.316 e. The van der Waals surface area contributed by atoms with Crippen LogP contribution in [0.15, 0.2) is 5.16 Å². The van der Waals surface area contributed by atoms with Gasteiger partial charge in [0.05, 0.1) is 5.71 Å². The van der Waals surface area contributed by atoms with Gasteiger partial charge in [0, 0.05) is 6.42 Å². The van der Waals surface area contributed by atoms with Gasteiger partial charge in [-0.15, -0.1) is 11.5 Å². The Hall–Kier alpha value is -1.28. The molecule has 0 aromatic rings. The second-order valence-corrected chi connectivity index (χ2v) is 13.8. The molecule has 1 atom stereocenters. The van der Waals surface area contributed by atoms with E-state index in [4.69, 9.17) is 4.84 Å². The third kappa shape index (κ3) is 4.28. The summed E-state index contributed by atoms with van der Waals surface area (Å²) in [6, 6.07) is 0. The van der Waals surface area contributed by atoms with Crippen molar-refractivity contribution in [3.63, 3.8) is 0 Å². The van der Waals surface area contributed by atoms with E-state index in [1.165, 1.54) is 7.11 Å². The highest BCUT2D eigenvalue weighted by molar-refractivity contribution is 6.90. The lowest BCUT2D eigenvalue weighted by Crippen LogP contribution is -2.44. The summed E-state index contributed by atoms with van der Waals surface area (Å²) >= 11 is 0. The summed E-state index contributed by atoms with van der Waals surface area (Å²) in [5.74, 6) is 2.53. The van der Waals surface area contributed by atoms with Crippen molar-refractivity contribution in [3.05, 3.63) is 0 Å². The molecule has 1 aliphatic rings. The minimum atomic E-state index is -1.85. The minimum absolute atomic E-state index is 0.339.